The molecule has 2 fully saturated rings. The third-order valence-corrected chi connectivity index (χ3v) is 4.09. The minimum atomic E-state index is -0.587. The number of hydroxylamine groups is 2. The number of urea groups is 1. The van der Waals surface area contributed by atoms with Crippen LogP contribution in [-0.4, -0.2) is 46.9 Å². The van der Waals surface area contributed by atoms with E-state index in [1.165, 1.54) is 9.96 Å². The second-order valence-electron chi connectivity index (χ2n) is 5.52. The van der Waals surface area contributed by atoms with Gasteiger partial charge >= 0.3 is 6.03 Å². The van der Waals surface area contributed by atoms with Crippen LogP contribution in [0.25, 0.3) is 0 Å². The van der Waals surface area contributed by atoms with Crippen molar-refractivity contribution in [2.24, 2.45) is 0 Å². The number of carbonyl (C=O) groups excluding carboxylic acids is 3. The highest BCUT2D eigenvalue weighted by Crippen LogP contribution is 2.30. The quantitative estimate of drug-likeness (QED) is 0.577. The molecular weight excluding hydrogens is 300 g/mol. The van der Waals surface area contributed by atoms with Crippen LogP contribution >= 0.6 is 0 Å². The average molecular weight is 318 g/mol. The summed E-state index contributed by atoms with van der Waals surface area (Å²) in [6, 6.07) is 8.64. The number of nitrogens with zero attached hydrogens (tertiary/aromatic N) is 2. The lowest BCUT2D eigenvalue weighted by Crippen LogP contribution is -2.52. The van der Waals surface area contributed by atoms with Crippen molar-refractivity contribution >= 4 is 18.3 Å². The Balaban J connectivity index is 1.62. The van der Waals surface area contributed by atoms with Crippen LogP contribution in [0.15, 0.2) is 30.3 Å². The van der Waals surface area contributed by atoms with Crippen molar-refractivity contribution in [1.82, 2.24) is 20.8 Å². The van der Waals surface area contributed by atoms with E-state index in [9.17, 15) is 14.4 Å². The zero-order chi connectivity index (χ0) is 16.2. The number of piperidine rings is 1. The van der Waals surface area contributed by atoms with Gasteiger partial charge in [0.25, 0.3) is 5.91 Å². The van der Waals surface area contributed by atoms with Crippen LogP contribution in [0.3, 0.4) is 0 Å². The van der Waals surface area contributed by atoms with Crippen molar-refractivity contribution in [3.05, 3.63) is 35.9 Å². The molecule has 0 radical (unpaired) electrons. The summed E-state index contributed by atoms with van der Waals surface area (Å²) in [6.07, 6.45) is 1.59. The Labute approximate surface area is 133 Å². The number of benzene rings is 1. The minimum Gasteiger partial charge on any atom is -0.309 e. The number of rotatable bonds is 6. The zero-order valence-electron chi connectivity index (χ0n) is 12.5. The molecule has 0 spiro atoms. The van der Waals surface area contributed by atoms with E-state index in [4.69, 9.17) is 4.84 Å². The van der Waals surface area contributed by atoms with E-state index in [2.05, 4.69) is 10.9 Å². The highest BCUT2D eigenvalue weighted by molar-refractivity contribution is 5.88. The van der Waals surface area contributed by atoms with Gasteiger partial charge in [0.2, 0.25) is 6.41 Å². The fourth-order valence-electron chi connectivity index (χ4n) is 2.97. The first kappa shape index (κ1) is 15.3. The van der Waals surface area contributed by atoms with Crippen molar-refractivity contribution in [3.8, 4) is 0 Å². The molecule has 2 atom stereocenters. The van der Waals surface area contributed by atoms with Gasteiger partial charge in [0.15, 0.2) is 0 Å². The largest absolute Gasteiger partial charge is 0.345 e. The van der Waals surface area contributed by atoms with Crippen LogP contribution in [0, 0.1) is 0 Å². The van der Waals surface area contributed by atoms with Gasteiger partial charge in [-0.05, 0) is 18.4 Å². The van der Waals surface area contributed by atoms with Gasteiger partial charge in [0.1, 0.15) is 12.6 Å². The fraction of sp³-hybridized carbons (Fsp3) is 0.400. The summed E-state index contributed by atoms with van der Waals surface area (Å²) in [7, 11) is 0. The van der Waals surface area contributed by atoms with E-state index in [0.29, 0.717) is 32.4 Å². The topological polar surface area (TPSA) is 91.0 Å². The first-order chi connectivity index (χ1) is 11.2. The van der Waals surface area contributed by atoms with E-state index < -0.39 is 11.9 Å². The molecule has 0 unspecified atom stereocenters. The lowest BCUT2D eigenvalue weighted by molar-refractivity contribution is -0.140. The number of hydrazine groups is 1. The molecule has 3 rings (SSSR count). The van der Waals surface area contributed by atoms with Gasteiger partial charge in [0, 0.05) is 6.54 Å². The van der Waals surface area contributed by atoms with Gasteiger partial charge < -0.3 is 4.90 Å². The van der Waals surface area contributed by atoms with E-state index in [0.717, 1.165) is 5.56 Å². The highest BCUT2D eigenvalue weighted by atomic mass is 16.7. The predicted octanol–water partition coefficient (Wildman–Crippen LogP) is 0.164. The summed E-state index contributed by atoms with van der Waals surface area (Å²) in [5.74, 6) is -0.395. The molecule has 2 aliphatic rings. The molecule has 0 aromatic heterocycles. The van der Waals surface area contributed by atoms with Crippen molar-refractivity contribution in [3.63, 3.8) is 0 Å². The molecule has 2 saturated heterocycles. The standard InChI is InChI=1S/C15H18N4O4/c20-10-16-17-14(21)13-7-6-12-8-18(13)15(22)19(12)23-9-11-4-2-1-3-5-11/h1-5,10,12-13H,6-9H2,(H,16,20)(H,17,21)/t12-,13-/m0/s1. The maximum Gasteiger partial charge on any atom is 0.345 e. The van der Waals surface area contributed by atoms with Crippen LogP contribution in [-0.2, 0) is 21.0 Å². The molecule has 1 aromatic carbocycles. The Morgan fingerprint density at radius 3 is 2.83 bits per heavy atom. The molecule has 2 N–H and O–H groups in total. The van der Waals surface area contributed by atoms with Gasteiger partial charge in [-0.25, -0.2) is 4.79 Å². The third-order valence-electron chi connectivity index (χ3n) is 4.09. The first-order valence-corrected chi connectivity index (χ1v) is 7.46. The zero-order valence-corrected chi connectivity index (χ0v) is 12.5. The number of fused-ring (bicyclic) bond motifs is 2. The molecule has 2 heterocycles. The first-order valence-electron chi connectivity index (χ1n) is 7.46. The smallest absolute Gasteiger partial charge is 0.309 e. The number of carbonyl (C=O) groups is 3. The fourth-order valence-corrected chi connectivity index (χ4v) is 2.97. The van der Waals surface area contributed by atoms with Crippen LogP contribution in [0.4, 0.5) is 4.79 Å². The maximum atomic E-state index is 12.5. The molecule has 8 heteroatoms. The van der Waals surface area contributed by atoms with Gasteiger partial charge in [-0.15, -0.1) is 0 Å². The summed E-state index contributed by atoms with van der Waals surface area (Å²) >= 11 is 0. The molecule has 4 amide bonds. The summed E-state index contributed by atoms with van der Waals surface area (Å²) in [5, 5.41) is 1.37. The Kier molecular flexibility index (Phi) is 4.42. The van der Waals surface area contributed by atoms with Gasteiger partial charge in [0.05, 0.1) is 6.04 Å². The molecule has 1 aromatic rings. The Hall–Kier alpha value is -2.61. The SMILES string of the molecule is O=CNNC(=O)[C@@H]1CC[C@H]2CN1C(=O)N2OCc1ccccc1. The van der Waals surface area contributed by atoms with Crippen LogP contribution in [0.1, 0.15) is 18.4 Å². The molecule has 2 aliphatic heterocycles. The number of hydrogen-bond donors (Lipinski definition) is 2. The molecular formula is C15H18N4O4. The molecule has 23 heavy (non-hydrogen) atoms. The van der Waals surface area contributed by atoms with E-state index in [1.807, 2.05) is 30.3 Å². The second kappa shape index (κ2) is 6.66. The van der Waals surface area contributed by atoms with E-state index in [1.54, 1.807) is 0 Å². The lowest BCUT2D eigenvalue weighted by atomic mass is 10.0. The Morgan fingerprint density at radius 1 is 1.30 bits per heavy atom. The van der Waals surface area contributed by atoms with Crippen LogP contribution in [0.2, 0.25) is 0 Å². The highest BCUT2D eigenvalue weighted by Gasteiger charge is 2.47. The lowest BCUT2D eigenvalue weighted by Gasteiger charge is -2.28. The Bertz CT molecular complexity index is 594. The average Bonchev–Trinajstić information content (AvgIpc) is 2.83. The van der Waals surface area contributed by atoms with Crippen molar-refractivity contribution < 1.29 is 19.2 Å². The molecule has 2 bridgehead atoms. The second-order valence-corrected chi connectivity index (χ2v) is 5.52. The normalized spacial score (nSPS) is 22.9. The predicted molar refractivity (Wildman–Crippen MR) is 79.3 cm³/mol. The van der Waals surface area contributed by atoms with Gasteiger partial charge in [-0.2, -0.15) is 5.06 Å². The molecule has 0 saturated carbocycles. The molecule has 8 nitrogen and oxygen atoms in total. The van der Waals surface area contributed by atoms with Gasteiger partial charge in [-0.3, -0.25) is 25.3 Å². The summed E-state index contributed by atoms with van der Waals surface area (Å²) in [6.45, 7) is 0.757. The van der Waals surface area contributed by atoms with E-state index in [-0.39, 0.29) is 12.1 Å². The third kappa shape index (κ3) is 3.11. The van der Waals surface area contributed by atoms with Crippen molar-refractivity contribution in [2.45, 2.75) is 31.5 Å². The van der Waals surface area contributed by atoms with Gasteiger partial charge in [-0.1, -0.05) is 30.3 Å². The summed E-state index contributed by atoms with van der Waals surface area (Å²) in [5.41, 5.74) is 5.35. The van der Waals surface area contributed by atoms with Crippen molar-refractivity contribution in [2.75, 3.05) is 6.54 Å². The number of amides is 4. The Morgan fingerprint density at radius 2 is 2.09 bits per heavy atom. The number of nitrogens with one attached hydrogen (secondary N) is 2. The van der Waals surface area contributed by atoms with Crippen molar-refractivity contribution in [1.29, 1.82) is 0 Å². The minimum absolute atomic E-state index is 0.0470. The van der Waals surface area contributed by atoms with E-state index >= 15 is 0 Å². The molecule has 122 valence electrons. The maximum absolute atomic E-state index is 12.5. The van der Waals surface area contributed by atoms with Crippen LogP contribution in [0.5, 0.6) is 0 Å². The number of hydrogen-bond acceptors (Lipinski definition) is 4. The molecule has 0 aliphatic carbocycles. The van der Waals surface area contributed by atoms with Crippen LogP contribution < -0.4 is 10.9 Å². The monoisotopic (exact) mass is 318 g/mol. The summed E-state index contributed by atoms with van der Waals surface area (Å²) in [4.78, 5) is 41.8. The summed E-state index contributed by atoms with van der Waals surface area (Å²) < 4.78 is 0.